The second-order valence-electron chi connectivity index (χ2n) is 7.68. The van der Waals surface area contributed by atoms with Crippen LogP contribution in [0, 0.1) is 0 Å². The molecule has 0 spiro atoms. The van der Waals surface area contributed by atoms with Crippen LogP contribution in [0.25, 0.3) is 17.1 Å². The van der Waals surface area contributed by atoms with Gasteiger partial charge in [0.1, 0.15) is 12.4 Å². The van der Waals surface area contributed by atoms with Crippen LogP contribution in [0.3, 0.4) is 0 Å². The highest BCUT2D eigenvalue weighted by Crippen LogP contribution is 2.18. The first kappa shape index (κ1) is 20.4. The van der Waals surface area contributed by atoms with Gasteiger partial charge in [0.15, 0.2) is 0 Å². The van der Waals surface area contributed by atoms with Gasteiger partial charge < -0.3 is 9.72 Å². The summed E-state index contributed by atoms with van der Waals surface area (Å²) in [6.07, 6.45) is 3.24. The SMILES string of the molecule is CC(C)c1ccc(COc2ccc(/C=C/C(=O)Nc3nc4ccccc4[nH]3)cc2)cc1. The molecule has 0 radical (unpaired) electrons. The molecule has 4 rings (SSSR count). The summed E-state index contributed by atoms with van der Waals surface area (Å²) < 4.78 is 5.87. The van der Waals surface area contributed by atoms with Gasteiger partial charge in [0.05, 0.1) is 11.0 Å². The van der Waals surface area contributed by atoms with Crippen LogP contribution in [0.2, 0.25) is 0 Å². The van der Waals surface area contributed by atoms with Gasteiger partial charge in [0, 0.05) is 6.08 Å². The minimum absolute atomic E-state index is 0.246. The number of aromatic amines is 1. The number of hydrogen-bond donors (Lipinski definition) is 2. The Labute approximate surface area is 181 Å². The van der Waals surface area contributed by atoms with E-state index in [2.05, 4.69) is 53.4 Å². The number of amides is 1. The summed E-state index contributed by atoms with van der Waals surface area (Å²) in [5.41, 5.74) is 5.06. The summed E-state index contributed by atoms with van der Waals surface area (Å²) in [5, 5.41) is 2.75. The minimum atomic E-state index is -0.246. The number of carbonyl (C=O) groups excluding carboxylic acids is 1. The zero-order valence-corrected chi connectivity index (χ0v) is 17.6. The largest absolute Gasteiger partial charge is 0.489 e. The van der Waals surface area contributed by atoms with E-state index in [0.717, 1.165) is 27.9 Å². The summed E-state index contributed by atoms with van der Waals surface area (Å²) in [4.78, 5) is 19.6. The lowest BCUT2D eigenvalue weighted by Gasteiger charge is -2.09. The highest BCUT2D eigenvalue weighted by Gasteiger charge is 2.04. The van der Waals surface area contributed by atoms with E-state index in [4.69, 9.17) is 4.74 Å². The molecule has 5 nitrogen and oxygen atoms in total. The Morgan fingerprint density at radius 1 is 1.03 bits per heavy atom. The van der Waals surface area contributed by atoms with Crippen molar-refractivity contribution < 1.29 is 9.53 Å². The molecule has 0 saturated carbocycles. The number of anilines is 1. The molecule has 4 aromatic rings. The van der Waals surface area contributed by atoms with Crippen molar-refractivity contribution in [3.05, 3.63) is 95.6 Å². The Bertz CT molecular complexity index is 1160. The first-order valence-electron chi connectivity index (χ1n) is 10.3. The van der Waals surface area contributed by atoms with Gasteiger partial charge in [-0.15, -0.1) is 0 Å². The molecule has 0 aliphatic heterocycles. The van der Waals surface area contributed by atoms with Crippen LogP contribution >= 0.6 is 0 Å². The van der Waals surface area contributed by atoms with E-state index < -0.39 is 0 Å². The number of H-pyrrole nitrogens is 1. The highest BCUT2D eigenvalue weighted by molar-refractivity contribution is 6.01. The standard InChI is InChI=1S/C26H25N3O2/c1-18(2)21-12-7-20(8-13-21)17-31-22-14-9-19(10-15-22)11-16-25(30)29-26-27-23-5-3-4-6-24(23)28-26/h3-16,18H,17H2,1-2H3,(H2,27,28,29,30)/b16-11+. The van der Waals surface area contributed by atoms with Gasteiger partial charge in [-0.3, -0.25) is 10.1 Å². The van der Waals surface area contributed by atoms with Gasteiger partial charge in [-0.1, -0.05) is 62.4 Å². The maximum absolute atomic E-state index is 12.2. The average Bonchev–Trinajstić information content (AvgIpc) is 3.19. The van der Waals surface area contributed by atoms with Crippen LogP contribution in [0.5, 0.6) is 5.75 Å². The van der Waals surface area contributed by atoms with Crippen molar-refractivity contribution in [1.82, 2.24) is 9.97 Å². The first-order chi connectivity index (χ1) is 15.1. The summed E-state index contributed by atoms with van der Waals surface area (Å²) >= 11 is 0. The van der Waals surface area contributed by atoms with Gasteiger partial charge in [0.2, 0.25) is 5.95 Å². The second-order valence-corrected chi connectivity index (χ2v) is 7.68. The van der Waals surface area contributed by atoms with Gasteiger partial charge in [-0.05, 0) is 52.9 Å². The summed E-state index contributed by atoms with van der Waals surface area (Å²) in [7, 11) is 0. The molecule has 2 N–H and O–H groups in total. The topological polar surface area (TPSA) is 67.0 Å². The molecule has 0 unspecified atom stereocenters. The quantitative estimate of drug-likeness (QED) is 0.371. The molecule has 31 heavy (non-hydrogen) atoms. The highest BCUT2D eigenvalue weighted by atomic mass is 16.5. The lowest BCUT2D eigenvalue weighted by atomic mass is 10.0. The maximum Gasteiger partial charge on any atom is 0.250 e. The van der Waals surface area contributed by atoms with E-state index in [1.165, 1.54) is 11.6 Å². The molecule has 0 aliphatic carbocycles. The number of rotatable bonds is 7. The smallest absolute Gasteiger partial charge is 0.250 e. The van der Waals surface area contributed by atoms with Gasteiger partial charge in [-0.2, -0.15) is 0 Å². The Morgan fingerprint density at radius 2 is 1.77 bits per heavy atom. The van der Waals surface area contributed by atoms with E-state index in [-0.39, 0.29) is 5.91 Å². The normalized spacial score (nSPS) is 11.3. The fourth-order valence-corrected chi connectivity index (χ4v) is 3.18. The van der Waals surface area contributed by atoms with Crippen LogP contribution < -0.4 is 10.1 Å². The molecule has 1 heterocycles. The summed E-state index contributed by atoms with van der Waals surface area (Å²) in [5.74, 6) is 1.50. The number of carbonyl (C=O) groups is 1. The van der Waals surface area contributed by atoms with Crippen molar-refractivity contribution in [3.8, 4) is 5.75 Å². The van der Waals surface area contributed by atoms with Crippen molar-refractivity contribution in [2.75, 3.05) is 5.32 Å². The van der Waals surface area contributed by atoms with Crippen molar-refractivity contribution in [1.29, 1.82) is 0 Å². The predicted octanol–water partition coefficient (Wildman–Crippen LogP) is 5.92. The van der Waals surface area contributed by atoms with Crippen molar-refractivity contribution >= 4 is 29.0 Å². The number of nitrogens with zero attached hydrogens (tertiary/aromatic N) is 1. The summed E-state index contributed by atoms with van der Waals surface area (Å²) in [6, 6.07) is 23.8. The van der Waals surface area contributed by atoms with Crippen molar-refractivity contribution in [3.63, 3.8) is 0 Å². The molecule has 1 aromatic heterocycles. The van der Waals surface area contributed by atoms with E-state index >= 15 is 0 Å². The van der Waals surface area contributed by atoms with Crippen molar-refractivity contribution in [2.24, 2.45) is 0 Å². The van der Waals surface area contributed by atoms with Crippen LogP contribution in [0.15, 0.2) is 78.9 Å². The number of ether oxygens (including phenoxy) is 1. The first-order valence-corrected chi connectivity index (χ1v) is 10.3. The molecule has 0 aliphatic rings. The predicted molar refractivity (Wildman–Crippen MR) is 125 cm³/mol. The number of nitrogens with one attached hydrogen (secondary N) is 2. The lowest BCUT2D eigenvalue weighted by molar-refractivity contribution is -0.111. The van der Waals surface area contributed by atoms with Crippen LogP contribution in [-0.2, 0) is 11.4 Å². The monoisotopic (exact) mass is 411 g/mol. The molecular formula is C26H25N3O2. The zero-order valence-electron chi connectivity index (χ0n) is 17.6. The van der Waals surface area contributed by atoms with Crippen LogP contribution in [-0.4, -0.2) is 15.9 Å². The Kier molecular flexibility index (Phi) is 6.13. The van der Waals surface area contributed by atoms with Gasteiger partial charge in [0.25, 0.3) is 5.91 Å². The Balaban J connectivity index is 1.30. The average molecular weight is 412 g/mol. The fraction of sp³-hybridized carbons (Fsp3) is 0.154. The number of benzene rings is 3. The maximum atomic E-state index is 12.2. The van der Waals surface area contributed by atoms with E-state index in [9.17, 15) is 4.79 Å². The molecule has 1 amide bonds. The molecule has 0 atom stereocenters. The number of aromatic nitrogens is 2. The molecule has 0 bridgehead atoms. The van der Waals surface area contributed by atoms with Crippen molar-refractivity contribution in [2.45, 2.75) is 26.4 Å². The number of hydrogen-bond acceptors (Lipinski definition) is 3. The van der Waals surface area contributed by atoms with Crippen LogP contribution in [0.4, 0.5) is 5.95 Å². The van der Waals surface area contributed by atoms with E-state index in [1.807, 2.05) is 48.5 Å². The fourth-order valence-electron chi connectivity index (χ4n) is 3.18. The lowest BCUT2D eigenvalue weighted by Crippen LogP contribution is -2.08. The third-order valence-corrected chi connectivity index (χ3v) is 4.99. The van der Waals surface area contributed by atoms with Gasteiger partial charge in [-0.25, -0.2) is 4.98 Å². The molecule has 156 valence electrons. The van der Waals surface area contributed by atoms with E-state index in [0.29, 0.717) is 18.5 Å². The number of fused-ring (bicyclic) bond motifs is 1. The number of para-hydroxylation sites is 2. The third-order valence-electron chi connectivity index (χ3n) is 4.99. The molecule has 0 fully saturated rings. The molecule has 5 heteroatoms. The zero-order chi connectivity index (χ0) is 21.6. The van der Waals surface area contributed by atoms with Crippen LogP contribution in [0.1, 0.15) is 36.5 Å². The third kappa shape index (κ3) is 5.39. The second kappa shape index (κ2) is 9.30. The Morgan fingerprint density at radius 3 is 2.48 bits per heavy atom. The molecule has 0 saturated heterocycles. The number of imidazole rings is 1. The van der Waals surface area contributed by atoms with E-state index in [1.54, 1.807) is 6.08 Å². The summed E-state index contributed by atoms with van der Waals surface area (Å²) in [6.45, 7) is 4.89. The molecular weight excluding hydrogens is 386 g/mol. The van der Waals surface area contributed by atoms with Gasteiger partial charge >= 0.3 is 0 Å². The minimum Gasteiger partial charge on any atom is -0.489 e. The molecule has 3 aromatic carbocycles. The Hall–Kier alpha value is -3.86.